The van der Waals surface area contributed by atoms with Gasteiger partial charge in [0, 0.05) is 25.3 Å². The zero-order valence-corrected chi connectivity index (χ0v) is 15.4. The molecule has 0 aliphatic carbocycles. The summed E-state index contributed by atoms with van der Waals surface area (Å²) < 4.78 is 5.72. The highest BCUT2D eigenvalue weighted by molar-refractivity contribution is 7.81. The lowest BCUT2D eigenvalue weighted by atomic mass is 10.3. The molecule has 7 nitrogen and oxygen atoms in total. The van der Waals surface area contributed by atoms with Crippen molar-refractivity contribution in [2.24, 2.45) is 0 Å². The highest BCUT2D eigenvalue weighted by Gasteiger charge is 2.19. The predicted octanol–water partition coefficient (Wildman–Crippen LogP) is 2.84. The number of amides is 1. The van der Waals surface area contributed by atoms with E-state index in [1.807, 2.05) is 28.9 Å². The molecule has 2 aromatic heterocycles. The molecule has 1 aliphatic rings. The Morgan fingerprint density at radius 1 is 1.32 bits per heavy atom. The zero-order chi connectivity index (χ0) is 17.4. The monoisotopic (exact) mass is 374 g/mol. The third-order valence-corrected chi connectivity index (χ3v) is 5.37. The van der Waals surface area contributed by atoms with E-state index in [0.717, 1.165) is 47.7 Å². The second-order valence-electron chi connectivity index (χ2n) is 6.10. The van der Waals surface area contributed by atoms with E-state index in [9.17, 15) is 4.79 Å². The fourth-order valence-electron chi connectivity index (χ4n) is 2.94. The van der Waals surface area contributed by atoms with Crippen LogP contribution >= 0.6 is 24.2 Å². The zero-order valence-electron chi connectivity index (χ0n) is 13.7. The van der Waals surface area contributed by atoms with Crippen LogP contribution in [-0.2, 0) is 13.1 Å². The summed E-state index contributed by atoms with van der Waals surface area (Å²) in [4.78, 5) is 19.2. The maximum absolute atomic E-state index is 12.5. The average Bonchev–Trinajstić information content (AvgIpc) is 3.13. The van der Waals surface area contributed by atoms with Gasteiger partial charge in [0.1, 0.15) is 0 Å². The Morgan fingerprint density at radius 2 is 2.20 bits per heavy atom. The molecule has 1 aromatic carbocycles. The van der Waals surface area contributed by atoms with E-state index < -0.39 is 0 Å². The van der Waals surface area contributed by atoms with Crippen molar-refractivity contribution in [2.45, 2.75) is 19.5 Å². The van der Waals surface area contributed by atoms with Crippen molar-refractivity contribution < 1.29 is 4.79 Å². The van der Waals surface area contributed by atoms with Crippen LogP contribution in [0.2, 0.25) is 0 Å². The molecule has 0 bridgehead atoms. The number of hydrogen-bond donors (Lipinski definition) is 3. The number of carbonyl (C=O) groups is 1. The maximum atomic E-state index is 12.5. The van der Waals surface area contributed by atoms with Crippen LogP contribution in [0, 0.1) is 0 Å². The number of anilines is 2. The van der Waals surface area contributed by atoms with Crippen molar-refractivity contribution in [1.82, 2.24) is 19.7 Å². The van der Waals surface area contributed by atoms with Crippen molar-refractivity contribution in [3.63, 3.8) is 0 Å². The first-order chi connectivity index (χ1) is 12.1. The van der Waals surface area contributed by atoms with E-state index >= 15 is 0 Å². The van der Waals surface area contributed by atoms with Crippen LogP contribution in [0.5, 0.6) is 0 Å². The van der Waals surface area contributed by atoms with E-state index in [2.05, 4.69) is 44.9 Å². The van der Waals surface area contributed by atoms with Crippen molar-refractivity contribution in [3.05, 3.63) is 35.7 Å². The van der Waals surface area contributed by atoms with E-state index in [4.69, 9.17) is 0 Å². The van der Waals surface area contributed by atoms with Gasteiger partial charge in [-0.2, -0.15) is 5.10 Å². The second-order valence-corrected chi connectivity index (χ2v) is 7.36. The van der Waals surface area contributed by atoms with E-state index in [1.165, 1.54) is 11.3 Å². The smallest absolute Gasteiger partial charge is 0.277 e. The molecular formula is C16H18N6OS2. The number of aromatic nitrogens is 3. The molecule has 2 N–H and O–H groups in total. The number of fused-ring (bicyclic) bond motifs is 2. The van der Waals surface area contributed by atoms with Crippen LogP contribution in [0.15, 0.2) is 24.3 Å². The van der Waals surface area contributed by atoms with Gasteiger partial charge in [0.2, 0.25) is 0 Å². The van der Waals surface area contributed by atoms with Gasteiger partial charge in [0.15, 0.2) is 10.8 Å². The minimum Gasteiger partial charge on any atom is -0.332 e. The molecule has 0 fully saturated rings. The lowest BCUT2D eigenvalue weighted by Crippen LogP contribution is -2.17. The first kappa shape index (κ1) is 16.4. The van der Waals surface area contributed by atoms with Gasteiger partial charge in [0.25, 0.3) is 5.91 Å². The minimum atomic E-state index is -0.227. The molecular weight excluding hydrogens is 356 g/mol. The highest BCUT2D eigenvalue weighted by atomic mass is 32.1. The van der Waals surface area contributed by atoms with Gasteiger partial charge >= 0.3 is 0 Å². The van der Waals surface area contributed by atoms with E-state index in [1.54, 1.807) is 0 Å². The summed E-state index contributed by atoms with van der Waals surface area (Å²) in [5.41, 5.74) is 3.23. The number of nitrogens with zero attached hydrogens (tertiary/aromatic N) is 4. The molecule has 0 saturated carbocycles. The largest absolute Gasteiger partial charge is 0.332 e. The number of hydrogen-bond acceptors (Lipinski definition) is 7. The van der Waals surface area contributed by atoms with Crippen molar-refractivity contribution in [1.29, 1.82) is 0 Å². The van der Waals surface area contributed by atoms with Crippen LogP contribution in [0.3, 0.4) is 0 Å². The van der Waals surface area contributed by atoms with Gasteiger partial charge in [-0.05, 0) is 37.7 Å². The van der Waals surface area contributed by atoms with Gasteiger partial charge in [-0.15, -0.1) is 0 Å². The molecule has 0 radical (unpaired) electrons. The molecule has 3 aromatic rings. The number of carbonyl (C=O) groups excluding carboxylic acids is 1. The molecule has 1 amide bonds. The summed E-state index contributed by atoms with van der Waals surface area (Å²) in [6, 6.07) is 7.61. The average molecular weight is 374 g/mol. The standard InChI is InChI=1S/C16H18N6OS2/c1-21-5-2-6-22-11(9-21)8-13(19-22)15(23)18-16-17-12-4-3-10(20-24)7-14(12)25-16/h3-4,7-8,20,24H,2,5-6,9H2,1H3,(H,17,18,23). The summed E-state index contributed by atoms with van der Waals surface area (Å²) in [7, 11) is 2.08. The number of benzene rings is 1. The second kappa shape index (κ2) is 6.66. The highest BCUT2D eigenvalue weighted by Crippen LogP contribution is 2.29. The molecule has 4 rings (SSSR count). The number of nitrogens with one attached hydrogen (secondary N) is 2. The number of rotatable bonds is 3. The third-order valence-electron chi connectivity index (χ3n) is 4.18. The van der Waals surface area contributed by atoms with Gasteiger partial charge in [-0.3, -0.25) is 14.8 Å². The van der Waals surface area contributed by atoms with Gasteiger partial charge < -0.3 is 9.62 Å². The summed E-state index contributed by atoms with van der Waals surface area (Å²) in [5.74, 6) is -0.227. The van der Waals surface area contributed by atoms with E-state index in [0.29, 0.717) is 10.8 Å². The SMILES string of the molecule is CN1CCCn2nc(C(=O)Nc3nc4ccc(NS)cc4s3)cc2C1. The molecule has 0 unspecified atom stereocenters. The van der Waals surface area contributed by atoms with E-state index in [-0.39, 0.29) is 5.91 Å². The van der Waals surface area contributed by atoms with Crippen molar-refractivity contribution in [2.75, 3.05) is 23.6 Å². The molecule has 3 heterocycles. The van der Waals surface area contributed by atoms with Crippen LogP contribution in [0.1, 0.15) is 22.6 Å². The Bertz CT molecular complexity index is 934. The maximum Gasteiger partial charge on any atom is 0.277 e. The Morgan fingerprint density at radius 3 is 3.04 bits per heavy atom. The Hall–Kier alpha value is -2.10. The van der Waals surface area contributed by atoms with Gasteiger partial charge in [-0.1, -0.05) is 24.2 Å². The van der Waals surface area contributed by atoms with Crippen molar-refractivity contribution in [3.8, 4) is 0 Å². The van der Waals surface area contributed by atoms with Crippen LogP contribution in [-0.4, -0.2) is 39.2 Å². The summed E-state index contributed by atoms with van der Waals surface area (Å²) in [5, 5.41) is 7.88. The van der Waals surface area contributed by atoms with Gasteiger partial charge in [-0.25, -0.2) is 4.98 Å². The predicted molar refractivity (Wildman–Crippen MR) is 103 cm³/mol. The molecule has 0 atom stereocenters. The topological polar surface area (TPSA) is 75.1 Å². The quantitative estimate of drug-likeness (QED) is 0.615. The Kier molecular flexibility index (Phi) is 4.36. The summed E-state index contributed by atoms with van der Waals surface area (Å²) in [6.07, 6.45) is 1.03. The molecule has 25 heavy (non-hydrogen) atoms. The van der Waals surface area contributed by atoms with Gasteiger partial charge in [0.05, 0.1) is 15.9 Å². The van der Waals surface area contributed by atoms with Crippen LogP contribution in [0.4, 0.5) is 10.8 Å². The Labute approximate surface area is 154 Å². The first-order valence-electron chi connectivity index (χ1n) is 8.00. The fourth-order valence-corrected chi connectivity index (χ4v) is 3.98. The first-order valence-corrected chi connectivity index (χ1v) is 9.26. The lowest BCUT2D eigenvalue weighted by Gasteiger charge is -2.10. The number of thiazole rings is 1. The fraction of sp³-hybridized carbons (Fsp3) is 0.312. The molecule has 0 saturated heterocycles. The molecule has 9 heteroatoms. The minimum absolute atomic E-state index is 0.227. The number of thiol groups is 1. The normalized spacial score (nSPS) is 15.0. The number of aryl methyl sites for hydroxylation is 1. The van der Waals surface area contributed by atoms with Crippen LogP contribution < -0.4 is 10.0 Å². The third kappa shape index (κ3) is 3.35. The summed E-state index contributed by atoms with van der Waals surface area (Å²) >= 11 is 5.47. The molecule has 1 aliphatic heterocycles. The van der Waals surface area contributed by atoms with Crippen LogP contribution in [0.25, 0.3) is 10.2 Å². The lowest BCUT2D eigenvalue weighted by molar-refractivity contribution is 0.102. The molecule has 0 spiro atoms. The van der Waals surface area contributed by atoms with Crippen molar-refractivity contribution >= 4 is 51.1 Å². The summed E-state index contributed by atoms with van der Waals surface area (Å²) in [6.45, 7) is 2.69. The Balaban J connectivity index is 1.55. The molecule has 130 valence electrons.